The molecule has 0 radical (unpaired) electrons. The van der Waals surface area contributed by atoms with Gasteiger partial charge in [-0.25, -0.2) is 0 Å². The van der Waals surface area contributed by atoms with Crippen LogP contribution in [-0.2, 0) is 81.5 Å². The second-order valence-electron chi connectivity index (χ2n) is 21.6. The van der Waals surface area contributed by atoms with Gasteiger partial charge in [-0.3, -0.25) is 28.8 Å². The van der Waals surface area contributed by atoms with Gasteiger partial charge in [-0.1, -0.05) is 91.0 Å². The number of nitrogens with zero attached hydrogens (tertiary/aromatic N) is 3. The quantitative estimate of drug-likeness (QED) is 0.0189. The van der Waals surface area contributed by atoms with Crippen LogP contribution < -0.4 is 28.4 Å². The number of carbonyl (C=O) groups excluding carboxylic acids is 3. The van der Waals surface area contributed by atoms with Crippen LogP contribution in [0.1, 0.15) is 52.6 Å². The average molecular weight is 1250 g/mol. The van der Waals surface area contributed by atoms with Gasteiger partial charge in [0.1, 0.15) is 91.9 Å². The molecule has 6 aromatic rings. The molecule has 0 saturated heterocycles. The average Bonchev–Trinajstić information content (AvgIpc) is 2.94. The van der Waals surface area contributed by atoms with E-state index in [9.17, 15) is 28.8 Å². The minimum Gasteiger partial charge on any atom is -0.497 e. The fraction of sp³-hybridized carbons (Fsp3) is 0.391. The Morgan fingerprint density at radius 1 is 0.344 bits per heavy atom. The van der Waals surface area contributed by atoms with Crippen LogP contribution in [-0.4, -0.2) is 187 Å². The molecule has 0 fully saturated rings. The minimum absolute atomic E-state index is 0.142. The smallest absolute Gasteiger partial charge is 0.317 e. The van der Waals surface area contributed by atoms with Crippen molar-refractivity contribution in [3.63, 3.8) is 0 Å². The summed E-state index contributed by atoms with van der Waals surface area (Å²) >= 11 is 0. The third-order valence-electron chi connectivity index (χ3n) is 13.2. The maximum absolute atomic E-state index is 11.7. The lowest BCUT2D eigenvalue weighted by molar-refractivity contribution is -0.158. The van der Waals surface area contributed by atoms with Crippen LogP contribution in [0.25, 0.3) is 0 Å². The maximum atomic E-state index is 11.7. The van der Waals surface area contributed by atoms with Crippen LogP contribution in [0, 0.1) is 0 Å². The van der Waals surface area contributed by atoms with Gasteiger partial charge in [-0.05, 0) is 169 Å². The van der Waals surface area contributed by atoms with Gasteiger partial charge in [-0.15, -0.1) is 0 Å². The van der Waals surface area contributed by atoms with Gasteiger partial charge in [0.15, 0.2) is 0 Å². The minimum atomic E-state index is -1.21. The van der Waals surface area contributed by atoms with E-state index in [4.69, 9.17) is 58.0 Å². The van der Waals surface area contributed by atoms with E-state index in [0.717, 1.165) is 89.7 Å². The van der Waals surface area contributed by atoms with Crippen molar-refractivity contribution in [3.05, 3.63) is 179 Å². The van der Waals surface area contributed by atoms with Crippen molar-refractivity contribution in [1.82, 2.24) is 14.7 Å². The van der Waals surface area contributed by atoms with Crippen molar-refractivity contribution in [3.8, 4) is 34.5 Å². The molecule has 1 unspecified atom stereocenters. The lowest BCUT2D eigenvalue weighted by Crippen LogP contribution is -2.35. The zero-order valence-electron chi connectivity index (χ0n) is 53.0. The molecule has 3 atom stereocenters. The number of aryl methyl sites for hydroxylation is 6. The molecule has 0 bridgehead atoms. The van der Waals surface area contributed by atoms with Crippen molar-refractivity contribution in [2.24, 2.45) is 0 Å². The number of hydrogen-bond donors (Lipinski definition) is 3. The number of carboxylic acids is 3. The summed E-state index contributed by atoms with van der Waals surface area (Å²) in [7, 11) is 16.0. The Bertz CT molecular complexity index is 2790. The highest BCUT2D eigenvalue weighted by Crippen LogP contribution is 2.25. The molecule has 0 spiro atoms. The van der Waals surface area contributed by atoms with E-state index < -0.39 is 73.4 Å². The molecule has 0 saturated carbocycles. The van der Waals surface area contributed by atoms with Crippen LogP contribution in [0.15, 0.2) is 146 Å². The number of aliphatic carboxylic acids is 3. The van der Waals surface area contributed by atoms with Crippen LogP contribution in [0.4, 0.5) is 0 Å². The summed E-state index contributed by atoms with van der Waals surface area (Å²) in [4.78, 5) is 72.9. The van der Waals surface area contributed by atoms with Crippen LogP contribution in [0.5, 0.6) is 34.5 Å². The molecule has 0 aromatic heterocycles. The zero-order valence-corrected chi connectivity index (χ0v) is 53.0. The molecule has 0 aliphatic carbocycles. The summed E-state index contributed by atoms with van der Waals surface area (Å²) in [5, 5.41) is 26.3. The second kappa shape index (κ2) is 40.4. The maximum Gasteiger partial charge on any atom is 0.317 e. The summed E-state index contributed by atoms with van der Waals surface area (Å²) in [6, 6.07) is 47.1. The number of carboxylic acid groups (broad SMARTS) is 3. The molecule has 0 amide bonds. The van der Waals surface area contributed by atoms with E-state index in [1.165, 1.54) is 16.7 Å². The number of rotatable bonds is 36. The molecule has 6 rings (SSSR count). The Morgan fingerprint density at radius 2 is 0.578 bits per heavy atom. The third kappa shape index (κ3) is 30.2. The standard InChI is InChI=1S/3C23H29NO6/c3*1-24(2)15-20(30-23(27)14-22(25)26)16-29-21-7-5-4-6-18(21)11-8-17-9-12-19(28-3)13-10-17/h3*4-7,9-10,12-13,20H,8,11,14-16H2,1-3H3,(H,25,26)/t2*20-;/m10./s1. The van der Waals surface area contributed by atoms with Gasteiger partial charge < -0.3 is 72.7 Å². The fourth-order valence-corrected chi connectivity index (χ4v) is 8.96. The molecule has 3 N–H and O–H groups in total. The van der Waals surface area contributed by atoms with Crippen molar-refractivity contribution in [2.75, 3.05) is 103 Å². The highest BCUT2D eigenvalue weighted by molar-refractivity contribution is 5.91. The van der Waals surface area contributed by atoms with Gasteiger partial charge in [0, 0.05) is 19.6 Å². The first kappa shape index (κ1) is 73.3. The Morgan fingerprint density at radius 3 is 0.789 bits per heavy atom. The zero-order chi connectivity index (χ0) is 65.8. The predicted octanol–water partition coefficient (Wildman–Crippen LogP) is 8.42. The van der Waals surface area contributed by atoms with Gasteiger partial charge >= 0.3 is 35.8 Å². The van der Waals surface area contributed by atoms with Crippen molar-refractivity contribution in [1.29, 1.82) is 0 Å². The Labute approximate surface area is 527 Å². The van der Waals surface area contributed by atoms with Crippen molar-refractivity contribution < 1.29 is 86.7 Å². The van der Waals surface area contributed by atoms with Crippen LogP contribution in [0.3, 0.4) is 0 Å². The van der Waals surface area contributed by atoms with Gasteiger partial charge in [-0.2, -0.15) is 0 Å². The van der Waals surface area contributed by atoms with Gasteiger partial charge in [0.25, 0.3) is 0 Å². The van der Waals surface area contributed by atoms with Crippen LogP contribution in [0.2, 0.25) is 0 Å². The number of esters is 3. The monoisotopic (exact) mass is 1250 g/mol. The summed E-state index contributed by atoms with van der Waals surface area (Å²) < 4.78 is 49.3. The first-order valence-corrected chi connectivity index (χ1v) is 29.3. The van der Waals surface area contributed by atoms with Crippen LogP contribution >= 0.6 is 0 Å². The van der Waals surface area contributed by atoms with E-state index in [2.05, 4.69) is 0 Å². The molecule has 0 aliphatic heterocycles. The number of para-hydroxylation sites is 3. The molecular formula is C69H87N3O18. The molecule has 486 valence electrons. The molecule has 0 heterocycles. The second-order valence-corrected chi connectivity index (χ2v) is 21.6. The summed E-state index contributed by atoms with van der Waals surface area (Å²) in [5.41, 5.74) is 6.73. The molecule has 90 heavy (non-hydrogen) atoms. The molecule has 6 aromatic carbocycles. The first-order chi connectivity index (χ1) is 43.1. The predicted molar refractivity (Wildman–Crippen MR) is 339 cm³/mol. The number of likely N-dealkylation sites (N-methyl/N-ethyl adjacent to an activating group) is 3. The van der Waals surface area contributed by atoms with E-state index in [-0.39, 0.29) is 19.8 Å². The highest BCUT2D eigenvalue weighted by Gasteiger charge is 2.23. The van der Waals surface area contributed by atoms with Gasteiger partial charge in [0.05, 0.1) is 21.3 Å². The molecule has 0 aliphatic rings. The number of benzene rings is 6. The molecule has 21 heteroatoms. The number of methoxy groups -OCH3 is 3. The summed E-state index contributed by atoms with van der Waals surface area (Å²) in [6.07, 6.45) is 1.22. The molecular weight excluding hydrogens is 1160 g/mol. The topological polar surface area (TPSA) is 256 Å². The van der Waals surface area contributed by atoms with Crippen molar-refractivity contribution >= 4 is 35.8 Å². The summed E-state index contributed by atoms with van der Waals surface area (Å²) in [5.74, 6) is -1.31. The van der Waals surface area contributed by atoms with Gasteiger partial charge in [0.2, 0.25) is 0 Å². The number of ether oxygens (including phenoxy) is 9. The van der Waals surface area contributed by atoms with E-state index in [1.807, 2.05) is 203 Å². The lowest BCUT2D eigenvalue weighted by Gasteiger charge is -2.22. The van der Waals surface area contributed by atoms with E-state index >= 15 is 0 Å². The van der Waals surface area contributed by atoms with E-state index in [1.54, 1.807) is 21.3 Å². The first-order valence-electron chi connectivity index (χ1n) is 29.3. The Hall–Kier alpha value is -9.18. The number of hydrogen-bond acceptors (Lipinski definition) is 18. The highest BCUT2D eigenvalue weighted by atomic mass is 16.6. The molecule has 21 nitrogen and oxygen atoms in total. The largest absolute Gasteiger partial charge is 0.497 e. The fourth-order valence-electron chi connectivity index (χ4n) is 8.96. The Balaban J connectivity index is 0.000000288. The number of carbonyl (C=O) groups is 6. The van der Waals surface area contributed by atoms with E-state index in [0.29, 0.717) is 19.6 Å². The summed E-state index contributed by atoms with van der Waals surface area (Å²) in [6.45, 7) is 1.72. The normalized spacial score (nSPS) is 11.7. The van der Waals surface area contributed by atoms with Crippen molar-refractivity contribution in [2.45, 2.75) is 76.1 Å². The Kier molecular flexibility index (Phi) is 32.9. The third-order valence-corrected chi connectivity index (χ3v) is 13.2. The SMILES string of the molecule is COc1ccc(CCc2ccccc2OCC(CN(C)C)OC(=O)CC(=O)O)cc1.COc1ccc(CCc2ccccc2OC[C@@H](CN(C)C)OC(=O)CC(=O)O)cc1.COc1ccc(CCc2ccccc2OC[C@H](CN(C)C)OC(=O)CC(=O)O)cc1. The lowest BCUT2D eigenvalue weighted by atomic mass is 10.0.